The summed E-state index contributed by atoms with van der Waals surface area (Å²) in [6.45, 7) is 3.35. The van der Waals surface area contributed by atoms with Crippen molar-refractivity contribution in [2.75, 3.05) is 0 Å². The van der Waals surface area contributed by atoms with E-state index in [9.17, 15) is 27.7 Å². The van der Waals surface area contributed by atoms with Crippen molar-refractivity contribution < 1.29 is 27.6 Å². The van der Waals surface area contributed by atoms with Crippen LogP contribution >= 0.6 is 0 Å². The molecule has 8 nitrogen and oxygen atoms in total. The molecule has 2 N–H and O–H groups in total. The van der Waals surface area contributed by atoms with Gasteiger partial charge in [-0.25, -0.2) is 12.8 Å². The quantitative estimate of drug-likeness (QED) is 0.575. The molecule has 0 bridgehead atoms. The van der Waals surface area contributed by atoms with E-state index in [0.29, 0.717) is 0 Å². The molecule has 0 amide bonds. The number of rotatable bonds is 7. The fraction of sp³-hybridized carbons (Fsp3) is 0.417. The monoisotopic (exact) mass is 334 g/mol. The molecule has 0 fully saturated rings. The van der Waals surface area contributed by atoms with E-state index < -0.39 is 43.4 Å². The van der Waals surface area contributed by atoms with Crippen LogP contribution in [0.3, 0.4) is 0 Å². The summed E-state index contributed by atoms with van der Waals surface area (Å²) in [6, 6.07) is 1.06. The number of benzene rings is 1. The number of carbonyl (C=O) groups is 1. The van der Waals surface area contributed by atoms with Gasteiger partial charge in [-0.3, -0.25) is 14.9 Å². The van der Waals surface area contributed by atoms with Crippen LogP contribution in [0, 0.1) is 21.8 Å². The first kappa shape index (κ1) is 18.0. The molecule has 0 unspecified atom stereocenters. The van der Waals surface area contributed by atoms with Crippen LogP contribution in [0.4, 0.5) is 10.1 Å². The zero-order chi connectivity index (χ0) is 17.1. The van der Waals surface area contributed by atoms with E-state index in [1.54, 1.807) is 18.6 Å². The van der Waals surface area contributed by atoms with Gasteiger partial charge in [0.1, 0.15) is 11.9 Å². The van der Waals surface area contributed by atoms with Gasteiger partial charge in [0, 0.05) is 6.07 Å². The Hall–Kier alpha value is -2.07. The largest absolute Gasteiger partial charge is 0.480 e. The molecule has 1 aromatic rings. The highest BCUT2D eigenvalue weighted by Crippen LogP contribution is 2.26. The standard InChI is InChI=1S/C12H15FN2O6S/c1-7(2)6-9(12(16)17)14-22(20,21)11-8(13)4-3-5-10(11)15(18)19/h3-5,7,9,14H,6H2,1-2H3,(H,16,17)/t9-/m0/s1. The van der Waals surface area contributed by atoms with Gasteiger partial charge in [0.2, 0.25) is 0 Å². The third-order valence-electron chi connectivity index (χ3n) is 2.71. The lowest BCUT2D eigenvalue weighted by Crippen LogP contribution is -2.42. The van der Waals surface area contributed by atoms with Crippen molar-refractivity contribution in [2.24, 2.45) is 5.92 Å². The smallest absolute Gasteiger partial charge is 0.321 e. The Balaban J connectivity index is 3.30. The zero-order valence-corrected chi connectivity index (χ0v) is 12.6. The summed E-state index contributed by atoms with van der Waals surface area (Å²) in [5.74, 6) is -2.92. The lowest BCUT2D eigenvalue weighted by molar-refractivity contribution is -0.388. The number of hydrogen-bond acceptors (Lipinski definition) is 5. The van der Waals surface area contributed by atoms with E-state index in [1.807, 2.05) is 0 Å². The molecule has 0 aliphatic rings. The number of halogens is 1. The summed E-state index contributed by atoms with van der Waals surface area (Å²) < 4.78 is 39.9. The lowest BCUT2D eigenvalue weighted by atomic mass is 10.1. The summed E-state index contributed by atoms with van der Waals surface area (Å²) >= 11 is 0. The van der Waals surface area contributed by atoms with E-state index in [4.69, 9.17) is 5.11 Å². The molecule has 10 heteroatoms. The second-order valence-corrected chi connectivity index (χ2v) is 6.64. The number of nitrogens with zero attached hydrogens (tertiary/aromatic N) is 1. The predicted molar refractivity (Wildman–Crippen MR) is 74.3 cm³/mol. The van der Waals surface area contributed by atoms with E-state index in [1.165, 1.54) is 0 Å². The van der Waals surface area contributed by atoms with Gasteiger partial charge in [0.25, 0.3) is 15.7 Å². The van der Waals surface area contributed by atoms with Gasteiger partial charge in [-0.05, 0) is 18.4 Å². The van der Waals surface area contributed by atoms with Crippen molar-refractivity contribution in [1.82, 2.24) is 4.72 Å². The molecule has 0 saturated carbocycles. The third-order valence-corrected chi connectivity index (χ3v) is 4.25. The van der Waals surface area contributed by atoms with Crippen LogP contribution in [-0.2, 0) is 14.8 Å². The van der Waals surface area contributed by atoms with E-state index in [-0.39, 0.29) is 12.3 Å². The number of aliphatic carboxylic acids is 1. The summed E-state index contributed by atoms with van der Waals surface area (Å²) in [5.41, 5.74) is -0.957. The van der Waals surface area contributed by atoms with Crippen molar-refractivity contribution in [2.45, 2.75) is 31.2 Å². The molecule has 0 aliphatic heterocycles. The second kappa shape index (κ2) is 6.79. The van der Waals surface area contributed by atoms with Gasteiger partial charge in [0.15, 0.2) is 4.90 Å². The SMILES string of the molecule is CC(C)C[C@H](NS(=O)(=O)c1c(F)cccc1[N+](=O)[O-])C(=O)O. The normalized spacial score (nSPS) is 13.1. The van der Waals surface area contributed by atoms with E-state index >= 15 is 0 Å². The summed E-state index contributed by atoms with van der Waals surface area (Å²) in [4.78, 5) is 19.7. The summed E-state index contributed by atoms with van der Waals surface area (Å²) in [7, 11) is -4.70. The minimum absolute atomic E-state index is 0.0448. The van der Waals surface area contributed by atoms with Crippen LogP contribution < -0.4 is 4.72 Å². The molecular weight excluding hydrogens is 319 g/mol. The van der Waals surface area contributed by atoms with Gasteiger partial charge in [0.05, 0.1) is 4.92 Å². The van der Waals surface area contributed by atoms with Crippen molar-refractivity contribution in [3.05, 3.63) is 34.1 Å². The zero-order valence-electron chi connectivity index (χ0n) is 11.8. The molecule has 0 aromatic heterocycles. The molecule has 0 spiro atoms. The highest BCUT2D eigenvalue weighted by atomic mass is 32.2. The van der Waals surface area contributed by atoms with Crippen molar-refractivity contribution in [1.29, 1.82) is 0 Å². The number of sulfonamides is 1. The van der Waals surface area contributed by atoms with Crippen LogP contribution in [0.1, 0.15) is 20.3 Å². The molecule has 122 valence electrons. The molecule has 22 heavy (non-hydrogen) atoms. The topological polar surface area (TPSA) is 127 Å². The van der Waals surface area contributed by atoms with Crippen molar-refractivity contribution >= 4 is 21.7 Å². The molecule has 1 aromatic carbocycles. The number of hydrogen-bond donors (Lipinski definition) is 2. The maximum Gasteiger partial charge on any atom is 0.321 e. The molecule has 1 rings (SSSR count). The maximum absolute atomic E-state index is 13.7. The Labute approximate surface area is 126 Å². The minimum Gasteiger partial charge on any atom is -0.480 e. The lowest BCUT2D eigenvalue weighted by Gasteiger charge is -2.16. The van der Waals surface area contributed by atoms with E-state index in [2.05, 4.69) is 0 Å². The van der Waals surface area contributed by atoms with Crippen LogP contribution in [0.25, 0.3) is 0 Å². The third kappa shape index (κ3) is 4.21. The Kier molecular flexibility index (Phi) is 5.55. The first-order valence-electron chi connectivity index (χ1n) is 6.24. The Morgan fingerprint density at radius 3 is 2.50 bits per heavy atom. The average molecular weight is 334 g/mol. The number of nitrogens with one attached hydrogen (secondary N) is 1. The molecular formula is C12H15FN2O6S. The van der Waals surface area contributed by atoms with E-state index in [0.717, 1.165) is 18.2 Å². The number of nitro groups is 1. The molecule has 0 heterocycles. The molecule has 1 atom stereocenters. The first-order valence-corrected chi connectivity index (χ1v) is 7.72. The first-order chi connectivity index (χ1) is 10.1. The summed E-state index contributed by atoms with van der Waals surface area (Å²) in [5, 5.41) is 19.9. The fourth-order valence-electron chi connectivity index (χ4n) is 1.82. The predicted octanol–water partition coefficient (Wildman–Crippen LogP) is 1.51. The maximum atomic E-state index is 13.7. The Morgan fingerprint density at radius 2 is 2.05 bits per heavy atom. The van der Waals surface area contributed by atoms with Gasteiger partial charge >= 0.3 is 5.97 Å². The highest BCUT2D eigenvalue weighted by molar-refractivity contribution is 7.89. The Morgan fingerprint density at radius 1 is 1.45 bits per heavy atom. The van der Waals surface area contributed by atoms with Crippen LogP contribution in [-0.4, -0.2) is 30.5 Å². The van der Waals surface area contributed by atoms with Gasteiger partial charge < -0.3 is 5.11 Å². The van der Waals surface area contributed by atoms with Crippen molar-refractivity contribution in [3.63, 3.8) is 0 Å². The fourth-order valence-corrected chi connectivity index (χ4v) is 3.26. The second-order valence-electron chi connectivity index (χ2n) is 4.99. The molecule has 0 aliphatic carbocycles. The highest BCUT2D eigenvalue weighted by Gasteiger charge is 2.33. The number of carboxylic acid groups (broad SMARTS) is 1. The average Bonchev–Trinajstić information content (AvgIpc) is 2.36. The summed E-state index contributed by atoms with van der Waals surface area (Å²) in [6.07, 6.45) is -0.0448. The molecule has 0 saturated heterocycles. The van der Waals surface area contributed by atoms with Gasteiger partial charge in [-0.2, -0.15) is 4.72 Å². The van der Waals surface area contributed by atoms with Crippen LogP contribution in [0.2, 0.25) is 0 Å². The van der Waals surface area contributed by atoms with Crippen LogP contribution in [0.15, 0.2) is 23.1 Å². The molecule has 0 radical (unpaired) electrons. The number of nitro benzene ring substituents is 1. The minimum atomic E-state index is -4.70. The van der Waals surface area contributed by atoms with Crippen molar-refractivity contribution in [3.8, 4) is 0 Å². The Bertz CT molecular complexity index is 689. The van der Waals surface area contributed by atoms with Gasteiger partial charge in [-0.15, -0.1) is 0 Å². The van der Waals surface area contributed by atoms with Crippen LogP contribution in [0.5, 0.6) is 0 Å². The van der Waals surface area contributed by atoms with Gasteiger partial charge in [-0.1, -0.05) is 19.9 Å². The number of carboxylic acids is 1.